The monoisotopic (exact) mass is 273 g/mol. The quantitative estimate of drug-likeness (QED) is 0.874. The minimum absolute atomic E-state index is 0.270. The molecule has 0 aliphatic heterocycles. The van der Waals surface area contributed by atoms with Crippen LogP contribution in [0.2, 0.25) is 0 Å². The zero-order chi connectivity index (χ0) is 14.5. The van der Waals surface area contributed by atoms with E-state index in [1.807, 2.05) is 19.1 Å². The van der Waals surface area contributed by atoms with Crippen molar-refractivity contribution >= 4 is 0 Å². The highest BCUT2D eigenvalue weighted by Gasteiger charge is 2.10. The van der Waals surface area contributed by atoms with E-state index in [0.29, 0.717) is 17.9 Å². The van der Waals surface area contributed by atoms with Gasteiger partial charge in [0.2, 0.25) is 0 Å². The van der Waals surface area contributed by atoms with E-state index in [2.05, 4.69) is 18.3 Å². The van der Waals surface area contributed by atoms with Crippen molar-refractivity contribution in [3.8, 4) is 11.5 Å². The Bertz CT molecular complexity index is 596. The first-order valence-corrected chi connectivity index (χ1v) is 6.85. The van der Waals surface area contributed by atoms with E-state index in [4.69, 9.17) is 4.74 Å². The number of nitrogens with one attached hydrogen (secondary N) is 1. The molecule has 2 aromatic rings. The Morgan fingerprint density at radius 2 is 1.90 bits per heavy atom. The predicted octanol–water partition coefficient (Wildman–Crippen LogP) is 4.34. The van der Waals surface area contributed by atoms with E-state index in [0.717, 1.165) is 17.7 Å². The molecule has 1 N–H and O–H groups in total. The summed E-state index contributed by atoms with van der Waals surface area (Å²) in [6.07, 6.45) is 0. The second kappa shape index (κ2) is 6.53. The van der Waals surface area contributed by atoms with Gasteiger partial charge in [-0.15, -0.1) is 0 Å². The Morgan fingerprint density at radius 3 is 2.65 bits per heavy atom. The van der Waals surface area contributed by atoms with E-state index in [9.17, 15) is 4.39 Å². The van der Waals surface area contributed by atoms with Gasteiger partial charge in [-0.05, 0) is 38.1 Å². The van der Waals surface area contributed by atoms with Crippen LogP contribution in [-0.2, 0) is 6.54 Å². The zero-order valence-electron chi connectivity index (χ0n) is 12.2. The van der Waals surface area contributed by atoms with Crippen LogP contribution in [0.4, 0.5) is 4.39 Å². The number of ether oxygens (including phenoxy) is 1. The molecule has 2 aromatic carbocycles. The molecule has 20 heavy (non-hydrogen) atoms. The lowest BCUT2D eigenvalue weighted by atomic mass is 10.1. The van der Waals surface area contributed by atoms with E-state index < -0.39 is 0 Å². The van der Waals surface area contributed by atoms with Crippen molar-refractivity contribution in [1.29, 1.82) is 0 Å². The third kappa shape index (κ3) is 3.36. The van der Waals surface area contributed by atoms with Gasteiger partial charge in [0, 0.05) is 12.1 Å². The molecular formula is C17H20FNO. The first-order chi connectivity index (χ1) is 9.61. The van der Waals surface area contributed by atoms with Crippen LogP contribution in [0.15, 0.2) is 36.4 Å². The zero-order valence-corrected chi connectivity index (χ0v) is 12.2. The summed E-state index contributed by atoms with van der Waals surface area (Å²) < 4.78 is 19.8. The van der Waals surface area contributed by atoms with Crippen LogP contribution in [0.3, 0.4) is 0 Å². The Hall–Kier alpha value is -1.87. The number of aryl methyl sites for hydroxylation is 2. The minimum atomic E-state index is -0.303. The van der Waals surface area contributed by atoms with Crippen molar-refractivity contribution < 1.29 is 9.13 Å². The number of hydrogen-bond donors (Lipinski definition) is 1. The van der Waals surface area contributed by atoms with Gasteiger partial charge in [-0.2, -0.15) is 0 Å². The fourth-order valence-corrected chi connectivity index (χ4v) is 2.02. The molecule has 2 nitrogen and oxygen atoms in total. The second-order valence-electron chi connectivity index (χ2n) is 4.88. The predicted molar refractivity (Wildman–Crippen MR) is 79.8 cm³/mol. The lowest BCUT2D eigenvalue weighted by Crippen LogP contribution is -2.12. The Kier molecular flexibility index (Phi) is 4.74. The van der Waals surface area contributed by atoms with Gasteiger partial charge in [0.25, 0.3) is 0 Å². The lowest BCUT2D eigenvalue weighted by Gasteiger charge is -2.13. The van der Waals surface area contributed by atoms with Crippen molar-refractivity contribution in [2.45, 2.75) is 27.3 Å². The maximum absolute atomic E-state index is 14.0. The molecule has 0 aromatic heterocycles. The topological polar surface area (TPSA) is 21.3 Å². The van der Waals surface area contributed by atoms with E-state index in [1.165, 1.54) is 0 Å². The smallest absolute Gasteiger partial charge is 0.168 e. The van der Waals surface area contributed by atoms with Crippen LogP contribution in [-0.4, -0.2) is 6.54 Å². The molecule has 3 heteroatoms. The van der Waals surface area contributed by atoms with Gasteiger partial charge < -0.3 is 10.1 Å². The van der Waals surface area contributed by atoms with Crippen molar-refractivity contribution in [1.82, 2.24) is 5.32 Å². The van der Waals surface area contributed by atoms with Gasteiger partial charge in [0.05, 0.1) is 0 Å². The molecule has 0 aliphatic rings. The van der Waals surface area contributed by atoms with Crippen LogP contribution in [0.5, 0.6) is 11.5 Å². The Morgan fingerprint density at radius 1 is 1.10 bits per heavy atom. The summed E-state index contributed by atoms with van der Waals surface area (Å²) in [5.74, 6) is 0.662. The number of halogens is 1. The highest BCUT2D eigenvalue weighted by atomic mass is 19.1. The molecule has 2 rings (SSSR count). The SMILES string of the molecule is CCNCc1cc(C)ccc1Oc1cccc(C)c1F. The lowest BCUT2D eigenvalue weighted by molar-refractivity contribution is 0.434. The van der Waals surface area contributed by atoms with Gasteiger partial charge in [-0.25, -0.2) is 4.39 Å². The molecule has 0 bridgehead atoms. The summed E-state index contributed by atoms with van der Waals surface area (Å²) >= 11 is 0. The maximum Gasteiger partial charge on any atom is 0.168 e. The number of benzene rings is 2. The molecule has 0 amide bonds. The fraction of sp³-hybridized carbons (Fsp3) is 0.294. The summed E-state index contributed by atoms with van der Waals surface area (Å²) in [7, 11) is 0. The van der Waals surface area contributed by atoms with Crippen LogP contribution in [0.1, 0.15) is 23.6 Å². The summed E-state index contributed by atoms with van der Waals surface area (Å²) in [6.45, 7) is 7.41. The molecule has 0 spiro atoms. The standard InChI is InChI=1S/C17H20FNO/c1-4-19-11-14-10-12(2)8-9-15(14)20-16-7-5-6-13(3)17(16)18/h5-10,19H,4,11H2,1-3H3. The normalized spacial score (nSPS) is 10.6. The van der Waals surface area contributed by atoms with Gasteiger partial charge in [0.15, 0.2) is 11.6 Å². The minimum Gasteiger partial charge on any atom is -0.454 e. The molecule has 0 unspecified atom stereocenters. The summed E-state index contributed by atoms with van der Waals surface area (Å²) in [4.78, 5) is 0. The maximum atomic E-state index is 14.0. The fourth-order valence-electron chi connectivity index (χ4n) is 2.02. The van der Waals surface area contributed by atoms with E-state index in [-0.39, 0.29) is 11.6 Å². The average Bonchev–Trinajstić information content (AvgIpc) is 2.44. The van der Waals surface area contributed by atoms with Crippen molar-refractivity contribution in [2.75, 3.05) is 6.54 Å². The molecule has 106 valence electrons. The number of rotatable bonds is 5. The first kappa shape index (κ1) is 14.5. The molecule has 0 saturated carbocycles. The first-order valence-electron chi connectivity index (χ1n) is 6.85. The van der Waals surface area contributed by atoms with E-state index in [1.54, 1.807) is 25.1 Å². The molecule has 0 saturated heterocycles. The molecule has 0 radical (unpaired) electrons. The third-order valence-corrected chi connectivity index (χ3v) is 3.16. The summed E-state index contributed by atoms with van der Waals surface area (Å²) in [5, 5.41) is 3.27. The molecule has 0 atom stereocenters. The van der Waals surface area contributed by atoms with Crippen molar-refractivity contribution in [3.63, 3.8) is 0 Å². The van der Waals surface area contributed by atoms with Gasteiger partial charge in [0.1, 0.15) is 5.75 Å². The van der Waals surface area contributed by atoms with Crippen molar-refractivity contribution in [2.24, 2.45) is 0 Å². The van der Waals surface area contributed by atoms with Gasteiger partial charge in [-0.3, -0.25) is 0 Å². The van der Waals surface area contributed by atoms with Crippen LogP contribution in [0.25, 0.3) is 0 Å². The molecule has 0 heterocycles. The molecule has 0 fully saturated rings. The highest BCUT2D eigenvalue weighted by Crippen LogP contribution is 2.29. The highest BCUT2D eigenvalue weighted by molar-refractivity contribution is 5.41. The van der Waals surface area contributed by atoms with Gasteiger partial charge in [-0.1, -0.05) is 36.8 Å². The molecule has 0 aliphatic carbocycles. The van der Waals surface area contributed by atoms with E-state index >= 15 is 0 Å². The van der Waals surface area contributed by atoms with Crippen LogP contribution >= 0.6 is 0 Å². The average molecular weight is 273 g/mol. The van der Waals surface area contributed by atoms with Gasteiger partial charge >= 0.3 is 0 Å². The third-order valence-electron chi connectivity index (χ3n) is 3.16. The largest absolute Gasteiger partial charge is 0.454 e. The van der Waals surface area contributed by atoms with Crippen LogP contribution < -0.4 is 10.1 Å². The molecular weight excluding hydrogens is 253 g/mol. The number of hydrogen-bond acceptors (Lipinski definition) is 2. The Labute approximate surface area is 119 Å². The summed E-state index contributed by atoms with van der Waals surface area (Å²) in [5.41, 5.74) is 2.78. The van der Waals surface area contributed by atoms with Crippen LogP contribution in [0, 0.1) is 19.7 Å². The second-order valence-corrected chi connectivity index (χ2v) is 4.88. The van der Waals surface area contributed by atoms with Crippen molar-refractivity contribution in [3.05, 3.63) is 58.9 Å². The Balaban J connectivity index is 2.30. The summed E-state index contributed by atoms with van der Waals surface area (Å²) in [6, 6.07) is 11.1.